The summed E-state index contributed by atoms with van der Waals surface area (Å²) >= 11 is 14.6. The van der Waals surface area contributed by atoms with Crippen molar-refractivity contribution in [1.29, 1.82) is 0 Å². The van der Waals surface area contributed by atoms with Crippen LogP contribution in [0.2, 0.25) is 10.0 Å². The molecule has 6 aromatic rings. The normalized spacial score (nSPS) is 11.4. The van der Waals surface area contributed by atoms with E-state index in [0.717, 1.165) is 11.4 Å². The van der Waals surface area contributed by atoms with Crippen molar-refractivity contribution in [2.75, 3.05) is 10.6 Å². The molecule has 18 heteroatoms. The molecule has 0 bridgehead atoms. The van der Waals surface area contributed by atoms with Gasteiger partial charge in [-0.05, 0) is 85.0 Å². The minimum absolute atomic E-state index is 0.0673. The van der Waals surface area contributed by atoms with Crippen LogP contribution >= 0.6 is 46.1 Å². The summed E-state index contributed by atoms with van der Waals surface area (Å²) in [5, 5.41) is 19.5. The molecule has 54 heavy (non-hydrogen) atoms. The van der Waals surface area contributed by atoms with Gasteiger partial charge >= 0.3 is 0 Å². The molecular weight excluding hydrogens is 812 g/mol. The second kappa shape index (κ2) is 17.3. The van der Waals surface area contributed by atoms with Crippen LogP contribution in [0.25, 0.3) is 21.0 Å². The minimum atomic E-state index is -4.00. The highest BCUT2D eigenvalue weighted by Crippen LogP contribution is 2.33. The minimum Gasteiger partial charge on any atom is -0.326 e. The van der Waals surface area contributed by atoms with Gasteiger partial charge in [0.05, 0.1) is 33.2 Å². The molecule has 6 N–H and O–H groups in total. The molecule has 0 unspecified atom stereocenters. The molecule has 0 fully saturated rings. The lowest BCUT2D eigenvalue weighted by molar-refractivity contribution is -0.116. The second-order valence-corrected chi connectivity index (χ2v) is 17.3. The molecule has 0 aliphatic carbocycles. The smallest absolute Gasteiger partial charge is 0.238 e. The Kier molecular flexibility index (Phi) is 13.0. The van der Waals surface area contributed by atoms with Gasteiger partial charge in [-0.3, -0.25) is 9.59 Å². The molecule has 2 aromatic heterocycles. The Morgan fingerprint density at radius 1 is 0.685 bits per heavy atom. The number of sulfonamides is 2. The van der Waals surface area contributed by atoms with Gasteiger partial charge in [0.25, 0.3) is 0 Å². The lowest BCUT2D eigenvalue weighted by Crippen LogP contribution is -2.17. The molecular formula is C36H32Cl2N6O6S4. The van der Waals surface area contributed by atoms with Crippen molar-refractivity contribution in [3.63, 3.8) is 0 Å². The van der Waals surface area contributed by atoms with E-state index in [0.29, 0.717) is 53.6 Å². The summed E-state index contributed by atoms with van der Waals surface area (Å²) < 4.78 is 52.3. The molecule has 4 aromatic carbocycles. The van der Waals surface area contributed by atoms with Gasteiger partial charge < -0.3 is 10.6 Å². The Balaban J connectivity index is 0.000000208. The lowest BCUT2D eigenvalue weighted by Gasteiger charge is -2.11. The number of aryl methyl sites for hydroxylation is 2. The second-order valence-electron chi connectivity index (χ2n) is 11.8. The van der Waals surface area contributed by atoms with Crippen LogP contribution in [0, 0.1) is 13.8 Å². The molecule has 2 heterocycles. The van der Waals surface area contributed by atoms with Crippen LogP contribution in [0.15, 0.2) is 106 Å². The first kappa shape index (κ1) is 40.7. The van der Waals surface area contributed by atoms with E-state index in [9.17, 15) is 26.4 Å². The number of benzene rings is 4. The van der Waals surface area contributed by atoms with Crippen LogP contribution < -0.4 is 20.9 Å². The van der Waals surface area contributed by atoms with Crippen molar-refractivity contribution in [2.24, 2.45) is 10.3 Å². The average Bonchev–Trinajstić information content (AvgIpc) is 3.74. The topological polar surface area (TPSA) is 204 Å². The highest BCUT2D eigenvalue weighted by Gasteiger charge is 2.20. The monoisotopic (exact) mass is 842 g/mol. The highest BCUT2D eigenvalue weighted by molar-refractivity contribution is 7.89. The first-order valence-corrected chi connectivity index (χ1v) is 21.2. The molecule has 2 amide bonds. The van der Waals surface area contributed by atoms with Crippen molar-refractivity contribution < 1.29 is 26.4 Å². The number of carbonyl (C=O) groups excluding carboxylic acids is 2. The first-order chi connectivity index (χ1) is 25.5. The molecule has 0 aliphatic rings. The van der Waals surface area contributed by atoms with Crippen molar-refractivity contribution >= 4 is 89.3 Å². The van der Waals surface area contributed by atoms with Gasteiger partial charge in [0.1, 0.15) is 5.01 Å². The Labute approximate surface area is 330 Å². The molecule has 280 valence electrons. The molecule has 0 atom stereocenters. The van der Waals surface area contributed by atoms with Crippen LogP contribution in [0.3, 0.4) is 0 Å². The van der Waals surface area contributed by atoms with Gasteiger partial charge in [-0.25, -0.2) is 32.1 Å². The van der Waals surface area contributed by atoms with Crippen LogP contribution in [-0.4, -0.2) is 38.0 Å². The fraction of sp³-hybridized carbons (Fsp3) is 0.111. The van der Waals surface area contributed by atoms with Crippen LogP contribution in [-0.2, 0) is 42.5 Å². The maximum absolute atomic E-state index is 12.3. The Hall–Kier alpha value is -4.52. The van der Waals surface area contributed by atoms with E-state index in [1.807, 2.05) is 19.2 Å². The maximum atomic E-state index is 12.3. The Morgan fingerprint density at radius 3 is 1.59 bits per heavy atom. The van der Waals surface area contributed by atoms with E-state index < -0.39 is 20.0 Å². The van der Waals surface area contributed by atoms with Crippen LogP contribution in [0.4, 0.5) is 11.4 Å². The molecule has 0 aliphatic heterocycles. The van der Waals surface area contributed by atoms with Crippen molar-refractivity contribution in [3.05, 3.63) is 129 Å². The van der Waals surface area contributed by atoms with E-state index in [4.69, 9.17) is 33.5 Å². The number of carbonyl (C=O) groups is 2. The summed E-state index contributed by atoms with van der Waals surface area (Å²) in [4.78, 5) is 29.4. The number of nitrogens with two attached hydrogens (primary N) is 2. The summed E-state index contributed by atoms with van der Waals surface area (Å²) in [6.07, 6.45) is 0.137. The number of hydrogen-bond donors (Lipinski definition) is 4. The molecule has 12 nitrogen and oxygen atoms in total. The van der Waals surface area contributed by atoms with Gasteiger partial charge in [-0.2, -0.15) is 4.37 Å². The predicted octanol–water partition coefficient (Wildman–Crippen LogP) is 7.20. The van der Waals surface area contributed by atoms with Gasteiger partial charge in [0, 0.05) is 43.6 Å². The molecule has 0 radical (unpaired) electrons. The van der Waals surface area contributed by atoms with Crippen molar-refractivity contribution in [3.8, 4) is 21.0 Å². The average molecular weight is 844 g/mol. The number of anilines is 2. The van der Waals surface area contributed by atoms with E-state index in [1.54, 1.807) is 78.9 Å². The number of hydrogen-bond acceptors (Lipinski definition) is 10. The summed E-state index contributed by atoms with van der Waals surface area (Å²) in [5.74, 6) is -0.633. The molecule has 6 rings (SSSR count). The summed E-state index contributed by atoms with van der Waals surface area (Å²) in [5.41, 5.74) is 4.44. The van der Waals surface area contributed by atoms with E-state index >= 15 is 0 Å². The number of nitrogens with zero attached hydrogens (tertiary/aromatic N) is 2. The lowest BCUT2D eigenvalue weighted by atomic mass is 10.1. The number of thiazole rings is 1. The van der Waals surface area contributed by atoms with E-state index in [-0.39, 0.29) is 34.4 Å². The number of amides is 2. The third-order valence-corrected chi connectivity index (χ3v) is 12.1. The quantitative estimate of drug-likeness (QED) is 0.111. The van der Waals surface area contributed by atoms with Gasteiger partial charge in [-0.15, -0.1) is 11.3 Å². The number of primary sulfonamides is 2. The third-order valence-electron chi connectivity index (χ3n) is 7.50. The van der Waals surface area contributed by atoms with Gasteiger partial charge in [0.15, 0.2) is 0 Å². The fourth-order valence-corrected chi connectivity index (χ4v) is 8.76. The van der Waals surface area contributed by atoms with Crippen molar-refractivity contribution in [1.82, 2.24) is 9.36 Å². The van der Waals surface area contributed by atoms with Crippen LogP contribution in [0.1, 0.15) is 22.5 Å². The standard InChI is InChI=1S/2C18H16ClN3O3S2/c1-11-10-26-18(21-11)14-7-6-13(9-16(14)27(20,24)25)22-17(23)8-12-4-2-3-5-15(12)19;1-11-8-16(26-22-11)14-7-6-13(10-17(14)27(20,24)25)21-18(23)9-12-4-2-3-5-15(12)19/h2-7,9-10H,8H2,1H3,(H,22,23)(H2,20,24,25);2-8,10H,9H2,1H3,(H,21,23)(H2,20,24,25). The number of nitrogens with one attached hydrogen (secondary N) is 2. The third kappa shape index (κ3) is 10.8. The maximum Gasteiger partial charge on any atom is 0.238 e. The van der Waals surface area contributed by atoms with Gasteiger partial charge in [0.2, 0.25) is 31.9 Å². The zero-order valence-electron chi connectivity index (χ0n) is 28.5. The van der Waals surface area contributed by atoms with Crippen LogP contribution in [0.5, 0.6) is 0 Å². The Bertz CT molecular complexity index is 2400. The van der Waals surface area contributed by atoms with E-state index in [1.165, 1.54) is 35.0 Å². The Morgan fingerprint density at radius 2 is 1.17 bits per heavy atom. The van der Waals surface area contributed by atoms with Crippen molar-refractivity contribution in [2.45, 2.75) is 36.5 Å². The molecule has 0 spiro atoms. The summed E-state index contributed by atoms with van der Waals surface area (Å²) in [6.45, 7) is 3.64. The fourth-order valence-electron chi connectivity index (χ4n) is 5.06. The predicted molar refractivity (Wildman–Crippen MR) is 215 cm³/mol. The molecule has 0 saturated heterocycles. The number of rotatable bonds is 10. The highest BCUT2D eigenvalue weighted by atomic mass is 35.5. The number of halogens is 2. The molecule has 0 saturated carbocycles. The zero-order valence-corrected chi connectivity index (χ0v) is 33.3. The van der Waals surface area contributed by atoms with Gasteiger partial charge in [-0.1, -0.05) is 65.7 Å². The largest absolute Gasteiger partial charge is 0.326 e. The van der Waals surface area contributed by atoms with E-state index in [2.05, 4.69) is 20.0 Å². The zero-order chi connectivity index (χ0) is 39.2. The number of aromatic nitrogens is 2. The summed E-state index contributed by atoms with van der Waals surface area (Å²) in [7, 11) is -7.99. The summed E-state index contributed by atoms with van der Waals surface area (Å²) in [6, 6.07) is 25.0. The first-order valence-electron chi connectivity index (χ1n) is 15.7. The SMILES string of the molecule is Cc1cc(-c2ccc(NC(=O)Cc3ccccc3Cl)cc2S(N)(=O)=O)sn1.Cc1csc(-c2ccc(NC(=O)Cc3ccccc3Cl)cc2S(N)(=O)=O)n1.